The van der Waals surface area contributed by atoms with Gasteiger partial charge in [0.2, 0.25) is 0 Å². The van der Waals surface area contributed by atoms with Crippen molar-refractivity contribution in [1.82, 2.24) is 0 Å². The van der Waals surface area contributed by atoms with Crippen LogP contribution in [0.4, 0.5) is 0 Å². The molecule has 3 heteroatoms. The summed E-state index contributed by atoms with van der Waals surface area (Å²) in [6.45, 7) is 3.27. The molecule has 0 aliphatic rings. The third-order valence-corrected chi connectivity index (χ3v) is 2.40. The number of aldehydes is 1. The van der Waals surface area contributed by atoms with Crippen LogP contribution in [0, 0.1) is 0 Å². The molecule has 0 saturated carbocycles. The van der Waals surface area contributed by atoms with Crippen molar-refractivity contribution >= 4 is 12.3 Å². The first kappa shape index (κ1) is 12.4. The largest absolute Gasteiger partial charge is 0.447 e. The van der Waals surface area contributed by atoms with Gasteiger partial charge in [-0.1, -0.05) is 43.7 Å². The van der Waals surface area contributed by atoms with Crippen LogP contribution in [-0.4, -0.2) is 12.3 Å². The second-order valence-electron chi connectivity index (χ2n) is 3.72. The van der Waals surface area contributed by atoms with Gasteiger partial charge in [-0.05, 0) is 6.42 Å². The van der Waals surface area contributed by atoms with Gasteiger partial charge >= 0.3 is 5.97 Å². The molecule has 1 aromatic carbocycles. The number of carbonyl (C=O) groups excluding carboxylic acids is 2. The summed E-state index contributed by atoms with van der Waals surface area (Å²) in [5.74, 6) is -0.440. The molecule has 0 aromatic heterocycles. The lowest BCUT2D eigenvalue weighted by molar-refractivity contribution is -0.162. The van der Waals surface area contributed by atoms with E-state index in [-0.39, 0.29) is 0 Å². The first-order valence-corrected chi connectivity index (χ1v) is 5.36. The van der Waals surface area contributed by atoms with E-state index in [2.05, 4.69) is 0 Å². The maximum absolute atomic E-state index is 11.3. The van der Waals surface area contributed by atoms with Crippen molar-refractivity contribution in [2.45, 2.75) is 32.3 Å². The second kappa shape index (κ2) is 5.45. The Balaban J connectivity index is 3.11. The summed E-state index contributed by atoms with van der Waals surface area (Å²) < 4.78 is 5.21. The predicted molar refractivity (Wildman–Crippen MR) is 60.9 cm³/mol. The van der Waals surface area contributed by atoms with Crippen LogP contribution in [0.25, 0.3) is 0 Å². The molecule has 1 aromatic rings. The van der Waals surface area contributed by atoms with Crippen molar-refractivity contribution in [3.63, 3.8) is 0 Å². The third kappa shape index (κ3) is 2.69. The molecule has 0 saturated heterocycles. The van der Waals surface area contributed by atoms with Gasteiger partial charge in [0.25, 0.3) is 0 Å². The predicted octanol–water partition coefficient (Wildman–Crippen LogP) is 2.44. The molecular formula is C13H16O3. The first-order chi connectivity index (χ1) is 7.64. The molecule has 1 atom stereocenters. The van der Waals surface area contributed by atoms with Crippen LogP contribution in [0.3, 0.4) is 0 Å². The van der Waals surface area contributed by atoms with Crippen LogP contribution in [0.2, 0.25) is 0 Å². The summed E-state index contributed by atoms with van der Waals surface area (Å²) >= 11 is 0. The van der Waals surface area contributed by atoms with Crippen LogP contribution in [0.1, 0.15) is 32.3 Å². The molecule has 0 amide bonds. The van der Waals surface area contributed by atoms with Crippen molar-refractivity contribution < 1.29 is 14.3 Å². The van der Waals surface area contributed by atoms with Crippen LogP contribution in [-0.2, 0) is 19.9 Å². The summed E-state index contributed by atoms with van der Waals surface area (Å²) in [7, 11) is 0. The Morgan fingerprint density at radius 1 is 1.38 bits per heavy atom. The molecular weight excluding hydrogens is 204 g/mol. The second-order valence-corrected chi connectivity index (χ2v) is 3.72. The van der Waals surface area contributed by atoms with Crippen LogP contribution < -0.4 is 0 Å². The molecule has 3 nitrogen and oxygen atoms in total. The Kier molecular flexibility index (Phi) is 4.23. The number of benzene rings is 1. The Hall–Kier alpha value is -1.64. The number of hydrogen-bond acceptors (Lipinski definition) is 3. The number of ether oxygens (including phenoxy) is 1. The van der Waals surface area contributed by atoms with Crippen molar-refractivity contribution in [1.29, 1.82) is 0 Å². The van der Waals surface area contributed by atoms with Gasteiger partial charge in [0, 0.05) is 12.5 Å². The monoisotopic (exact) mass is 220 g/mol. The molecule has 16 heavy (non-hydrogen) atoms. The summed E-state index contributed by atoms with van der Waals surface area (Å²) in [6, 6.07) is 9.11. The van der Waals surface area contributed by atoms with Crippen molar-refractivity contribution in [3.05, 3.63) is 35.9 Å². The van der Waals surface area contributed by atoms with Crippen molar-refractivity contribution in [3.8, 4) is 0 Å². The lowest BCUT2D eigenvalue weighted by Gasteiger charge is -2.27. The van der Waals surface area contributed by atoms with Gasteiger partial charge in [0.1, 0.15) is 0 Å². The van der Waals surface area contributed by atoms with Gasteiger partial charge in [0.05, 0.1) is 0 Å². The highest BCUT2D eigenvalue weighted by molar-refractivity contribution is 5.74. The van der Waals surface area contributed by atoms with Crippen LogP contribution >= 0.6 is 0 Å². The van der Waals surface area contributed by atoms with Crippen molar-refractivity contribution in [2.75, 3.05) is 0 Å². The minimum absolute atomic E-state index is 0.440. The van der Waals surface area contributed by atoms with Gasteiger partial charge in [-0.15, -0.1) is 0 Å². The fourth-order valence-corrected chi connectivity index (χ4v) is 1.75. The standard InChI is InChI=1S/C13H16O3/c1-3-9-13(10-14,16-11(2)15)12-7-5-4-6-8-12/h4-8,10H,3,9H2,1-2H3. The van der Waals surface area contributed by atoms with Crippen LogP contribution in [0.5, 0.6) is 0 Å². The molecule has 0 spiro atoms. The summed E-state index contributed by atoms with van der Waals surface area (Å²) in [4.78, 5) is 22.4. The quantitative estimate of drug-likeness (QED) is 0.565. The molecule has 86 valence electrons. The van der Waals surface area contributed by atoms with Crippen LogP contribution in [0.15, 0.2) is 30.3 Å². The Bertz CT molecular complexity index is 359. The van der Waals surface area contributed by atoms with Crippen molar-refractivity contribution in [2.24, 2.45) is 0 Å². The average molecular weight is 220 g/mol. The van der Waals surface area contributed by atoms with E-state index in [1.165, 1.54) is 6.92 Å². The van der Waals surface area contributed by atoms with E-state index in [1.807, 2.05) is 25.1 Å². The Morgan fingerprint density at radius 3 is 2.44 bits per heavy atom. The van der Waals surface area contributed by atoms with E-state index < -0.39 is 11.6 Å². The molecule has 0 bridgehead atoms. The van der Waals surface area contributed by atoms with E-state index in [0.29, 0.717) is 12.7 Å². The Labute approximate surface area is 95.4 Å². The highest BCUT2D eigenvalue weighted by atomic mass is 16.6. The van der Waals surface area contributed by atoms with E-state index >= 15 is 0 Å². The van der Waals surface area contributed by atoms with E-state index in [0.717, 1.165) is 12.0 Å². The van der Waals surface area contributed by atoms with Gasteiger partial charge in [-0.3, -0.25) is 9.59 Å². The fraction of sp³-hybridized carbons (Fsp3) is 0.385. The van der Waals surface area contributed by atoms with E-state index in [9.17, 15) is 9.59 Å². The minimum atomic E-state index is -1.12. The maximum atomic E-state index is 11.3. The van der Waals surface area contributed by atoms with Gasteiger partial charge in [0.15, 0.2) is 11.9 Å². The first-order valence-electron chi connectivity index (χ1n) is 5.36. The third-order valence-electron chi connectivity index (χ3n) is 2.40. The van der Waals surface area contributed by atoms with Gasteiger partial charge in [-0.2, -0.15) is 0 Å². The molecule has 0 heterocycles. The molecule has 1 unspecified atom stereocenters. The molecule has 0 fully saturated rings. The highest BCUT2D eigenvalue weighted by Gasteiger charge is 2.34. The zero-order chi connectivity index (χ0) is 12.0. The minimum Gasteiger partial charge on any atom is -0.447 e. The zero-order valence-corrected chi connectivity index (χ0v) is 9.60. The molecule has 0 aliphatic carbocycles. The Morgan fingerprint density at radius 2 is 2.00 bits per heavy atom. The topological polar surface area (TPSA) is 43.4 Å². The SMILES string of the molecule is CCCC(C=O)(OC(C)=O)c1ccccc1. The maximum Gasteiger partial charge on any atom is 0.303 e. The number of carbonyl (C=O) groups is 2. The summed E-state index contributed by atoms with van der Waals surface area (Å²) in [5.41, 5.74) is -0.399. The number of hydrogen-bond donors (Lipinski definition) is 0. The molecule has 0 radical (unpaired) electrons. The lowest BCUT2D eigenvalue weighted by atomic mass is 9.90. The normalized spacial score (nSPS) is 13.9. The van der Waals surface area contributed by atoms with Gasteiger partial charge in [-0.25, -0.2) is 0 Å². The lowest BCUT2D eigenvalue weighted by Crippen LogP contribution is -2.33. The van der Waals surface area contributed by atoms with E-state index in [1.54, 1.807) is 12.1 Å². The zero-order valence-electron chi connectivity index (χ0n) is 9.60. The van der Waals surface area contributed by atoms with Gasteiger partial charge < -0.3 is 4.74 Å². The smallest absolute Gasteiger partial charge is 0.303 e. The highest BCUT2D eigenvalue weighted by Crippen LogP contribution is 2.28. The number of esters is 1. The van der Waals surface area contributed by atoms with E-state index in [4.69, 9.17) is 4.74 Å². The molecule has 0 N–H and O–H groups in total. The molecule has 1 rings (SSSR count). The fourth-order valence-electron chi connectivity index (χ4n) is 1.75. The number of rotatable bonds is 5. The summed E-state index contributed by atoms with van der Waals surface area (Å²) in [6.07, 6.45) is 1.98. The molecule has 0 aliphatic heterocycles. The average Bonchev–Trinajstić information content (AvgIpc) is 2.29. The summed E-state index contributed by atoms with van der Waals surface area (Å²) in [5, 5.41) is 0.